The van der Waals surface area contributed by atoms with Crippen LogP contribution < -0.4 is 16.4 Å². The number of piperidine rings is 2. The summed E-state index contributed by atoms with van der Waals surface area (Å²) in [5, 5.41) is 5.36. The molecule has 3 heterocycles. The van der Waals surface area contributed by atoms with Gasteiger partial charge in [-0.25, -0.2) is 4.79 Å². The Labute approximate surface area is 171 Å². The Morgan fingerprint density at radius 2 is 1.90 bits per heavy atom. The van der Waals surface area contributed by atoms with E-state index in [0.29, 0.717) is 25.7 Å². The molecule has 0 unspecified atom stereocenters. The second kappa shape index (κ2) is 10.2. The predicted octanol–water partition coefficient (Wildman–Crippen LogP) is 0.0691. The van der Waals surface area contributed by atoms with Crippen LogP contribution in [-0.4, -0.2) is 71.4 Å². The van der Waals surface area contributed by atoms with Crippen molar-refractivity contribution in [3.05, 3.63) is 30.1 Å². The third-order valence-electron chi connectivity index (χ3n) is 5.74. The number of aromatic nitrogens is 1. The molecule has 0 saturated carbocycles. The number of rotatable bonds is 6. The molecule has 2 fully saturated rings. The fraction of sp³-hybridized carbons (Fsp3) is 0.600. The lowest BCUT2D eigenvalue weighted by Crippen LogP contribution is -2.52. The smallest absolute Gasteiger partial charge is 0.312 e. The van der Waals surface area contributed by atoms with Crippen molar-refractivity contribution in [1.29, 1.82) is 0 Å². The van der Waals surface area contributed by atoms with Crippen molar-refractivity contribution < 1.29 is 14.4 Å². The lowest BCUT2D eigenvalue weighted by Gasteiger charge is -2.42. The van der Waals surface area contributed by atoms with Crippen LogP contribution in [-0.2, 0) is 16.1 Å². The number of pyridine rings is 1. The summed E-state index contributed by atoms with van der Waals surface area (Å²) < 4.78 is 0. The maximum atomic E-state index is 12.6. The van der Waals surface area contributed by atoms with Gasteiger partial charge in [0.05, 0.1) is 24.7 Å². The average Bonchev–Trinajstić information content (AvgIpc) is 2.76. The van der Waals surface area contributed by atoms with Gasteiger partial charge in [-0.1, -0.05) is 6.07 Å². The van der Waals surface area contributed by atoms with Gasteiger partial charge in [-0.15, -0.1) is 0 Å². The topological polar surface area (TPSA) is 121 Å². The quantitative estimate of drug-likeness (QED) is 0.622. The highest BCUT2D eigenvalue weighted by atomic mass is 16.2. The maximum absolute atomic E-state index is 12.6. The molecule has 158 valence electrons. The van der Waals surface area contributed by atoms with E-state index in [-0.39, 0.29) is 24.3 Å². The molecule has 9 heteroatoms. The molecule has 4 amide bonds. The molecule has 0 bridgehead atoms. The van der Waals surface area contributed by atoms with Gasteiger partial charge in [-0.05, 0) is 44.4 Å². The summed E-state index contributed by atoms with van der Waals surface area (Å²) in [5.41, 5.74) is 5.88. The van der Waals surface area contributed by atoms with Crippen molar-refractivity contribution in [1.82, 2.24) is 25.4 Å². The first-order valence-corrected chi connectivity index (χ1v) is 10.3. The molecule has 3 rings (SSSR count). The highest BCUT2D eigenvalue weighted by Gasteiger charge is 2.32. The Morgan fingerprint density at radius 3 is 2.59 bits per heavy atom. The zero-order chi connectivity index (χ0) is 20.6. The Balaban J connectivity index is 1.43. The summed E-state index contributed by atoms with van der Waals surface area (Å²) in [6.45, 7) is 3.48. The number of carbonyl (C=O) groups is 3. The van der Waals surface area contributed by atoms with Crippen molar-refractivity contribution >= 4 is 17.8 Å². The van der Waals surface area contributed by atoms with E-state index in [9.17, 15) is 14.4 Å². The largest absolute Gasteiger partial charge is 0.352 e. The van der Waals surface area contributed by atoms with Crippen molar-refractivity contribution in [2.24, 2.45) is 11.7 Å². The van der Waals surface area contributed by atoms with Crippen LogP contribution in [0.15, 0.2) is 24.4 Å². The number of carbonyl (C=O) groups excluding carboxylic acids is 3. The second-order valence-corrected chi connectivity index (χ2v) is 7.70. The monoisotopic (exact) mass is 402 g/mol. The highest BCUT2D eigenvalue weighted by molar-refractivity contribution is 5.83. The standard InChI is InChI=1S/C20H30N6O3/c21-20(29)24-13-18(27)25-10-6-17(7-11-25)26-9-3-4-15(14-26)19(28)23-12-16-5-1-2-8-22-16/h1-2,5,8,15,17H,3-4,6-7,9-14H2,(H,23,28)(H3,21,24,29)/t15-/m1/s1. The first-order chi connectivity index (χ1) is 14.0. The Bertz CT molecular complexity index is 705. The van der Waals surface area contributed by atoms with Crippen LogP contribution in [0, 0.1) is 5.92 Å². The lowest BCUT2D eigenvalue weighted by molar-refractivity contribution is -0.131. The zero-order valence-electron chi connectivity index (χ0n) is 16.7. The van der Waals surface area contributed by atoms with Crippen molar-refractivity contribution in [3.63, 3.8) is 0 Å². The Kier molecular flexibility index (Phi) is 7.40. The molecule has 1 aromatic heterocycles. The van der Waals surface area contributed by atoms with Crippen molar-refractivity contribution in [2.45, 2.75) is 38.3 Å². The number of primary amides is 1. The van der Waals surface area contributed by atoms with Gasteiger partial charge >= 0.3 is 6.03 Å². The van der Waals surface area contributed by atoms with Gasteiger partial charge < -0.3 is 21.3 Å². The Hall–Kier alpha value is -2.68. The summed E-state index contributed by atoms with van der Waals surface area (Å²) in [6, 6.07) is 5.38. The molecule has 1 aromatic rings. The number of nitrogens with zero attached hydrogens (tertiary/aromatic N) is 3. The van der Waals surface area contributed by atoms with Crippen LogP contribution >= 0.6 is 0 Å². The number of hydrogen-bond acceptors (Lipinski definition) is 5. The summed E-state index contributed by atoms with van der Waals surface area (Å²) >= 11 is 0. The van der Waals surface area contributed by atoms with E-state index in [4.69, 9.17) is 5.73 Å². The minimum Gasteiger partial charge on any atom is -0.352 e. The summed E-state index contributed by atoms with van der Waals surface area (Å²) in [5.74, 6) is -0.0231. The third kappa shape index (κ3) is 6.15. The van der Waals surface area contributed by atoms with Crippen LogP contribution in [0.2, 0.25) is 0 Å². The normalized spacial score (nSPS) is 20.8. The van der Waals surface area contributed by atoms with Crippen molar-refractivity contribution in [3.8, 4) is 0 Å². The molecule has 0 aromatic carbocycles. The van der Waals surface area contributed by atoms with Gasteiger partial charge in [-0.2, -0.15) is 0 Å². The third-order valence-corrected chi connectivity index (χ3v) is 5.74. The number of nitrogens with one attached hydrogen (secondary N) is 2. The van der Waals surface area contributed by atoms with Crippen molar-refractivity contribution in [2.75, 3.05) is 32.7 Å². The van der Waals surface area contributed by atoms with Gasteiger partial charge in [0.15, 0.2) is 0 Å². The average molecular weight is 402 g/mol. The van der Waals surface area contributed by atoms with E-state index in [0.717, 1.165) is 44.5 Å². The molecule has 0 aliphatic carbocycles. The number of likely N-dealkylation sites (tertiary alicyclic amines) is 2. The van der Waals surface area contributed by atoms with Gasteiger partial charge in [0.2, 0.25) is 11.8 Å². The number of nitrogens with two attached hydrogens (primary N) is 1. The van der Waals surface area contributed by atoms with Crippen LogP contribution in [0.3, 0.4) is 0 Å². The SMILES string of the molecule is NC(=O)NCC(=O)N1CCC(N2CCC[C@@H](C(=O)NCc3ccccn3)C2)CC1. The lowest BCUT2D eigenvalue weighted by atomic mass is 9.93. The number of urea groups is 1. The summed E-state index contributed by atoms with van der Waals surface area (Å²) in [6.07, 6.45) is 5.39. The number of amides is 4. The van der Waals surface area contributed by atoms with Crippen LogP contribution in [0.25, 0.3) is 0 Å². The molecule has 0 radical (unpaired) electrons. The minimum absolute atomic E-state index is 0.00751. The van der Waals surface area contributed by atoms with E-state index in [1.165, 1.54) is 0 Å². The Morgan fingerprint density at radius 1 is 1.10 bits per heavy atom. The molecule has 29 heavy (non-hydrogen) atoms. The van der Waals surface area contributed by atoms with Crippen LogP contribution in [0.4, 0.5) is 4.79 Å². The van der Waals surface area contributed by atoms with Gasteiger partial charge in [0.1, 0.15) is 0 Å². The van der Waals surface area contributed by atoms with Gasteiger partial charge in [-0.3, -0.25) is 19.5 Å². The van der Waals surface area contributed by atoms with E-state index in [1.54, 1.807) is 11.1 Å². The maximum Gasteiger partial charge on any atom is 0.312 e. The summed E-state index contributed by atoms with van der Waals surface area (Å²) in [7, 11) is 0. The highest BCUT2D eigenvalue weighted by Crippen LogP contribution is 2.24. The molecule has 1 atom stereocenters. The van der Waals surface area contributed by atoms with Gasteiger partial charge in [0.25, 0.3) is 0 Å². The molecule has 9 nitrogen and oxygen atoms in total. The van der Waals surface area contributed by atoms with Gasteiger partial charge in [0, 0.05) is 31.9 Å². The fourth-order valence-electron chi connectivity index (χ4n) is 4.13. The second-order valence-electron chi connectivity index (χ2n) is 7.70. The molecule has 2 saturated heterocycles. The van der Waals surface area contributed by atoms with Crippen LogP contribution in [0.1, 0.15) is 31.4 Å². The van der Waals surface area contributed by atoms with E-state index in [1.807, 2.05) is 18.2 Å². The predicted molar refractivity (Wildman–Crippen MR) is 108 cm³/mol. The van der Waals surface area contributed by atoms with E-state index >= 15 is 0 Å². The fourth-order valence-corrected chi connectivity index (χ4v) is 4.13. The molecule has 0 spiro atoms. The first-order valence-electron chi connectivity index (χ1n) is 10.3. The minimum atomic E-state index is -0.686. The van der Waals surface area contributed by atoms with E-state index < -0.39 is 6.03 Å². The zero-order valence-corrected chi connectivity index (χ0v) is 16.7. The molecular weight excluding hydrogens is 372 g/mol. The van der Waals surface area contributed by atoms with E-state index in [2.05, 4.69) is 20.5 Å². The molecule has 2 aliphatic rings. The molecular formula is C20H30N6O3. The molecule has 4 N–H and O–H groups in total. The van der Waals surface area contributed by atoms with Crippen LogP contribution in [0.5, 0.6) is 0 Å². The first kappa shape index (κ1) is 21.0. The number of hydrogen-bond donors (Lipinski definition) is 3. The molecule has 2 aliphatic heterocycles. The summed E-state index contributed by atoms with van der Waals surface area (Å²) in [4.78, 5) is 43.9.